The monoisotopic (exact) mass is 263 g/mol. The minimum absolute atomic E-state index is 0.703. The van der Waals surface area contributed by atoms with Crippen LogP contribution in [0.1, 0.15) is 16.9 Å². The maximum atomic E-state index is 6.11. The number of furan rings is 1. The first-order valence-electron chi connectivity index (χ1n) is 6.00. The van der Waals surface area contributed by atoms with Gasteiger partial charge < -0.3 is 14.5 Å². The summed E-state index contributed by atoms with van der Waals surface area (Å²) in [5.74, 6) is 1.92. The summed E-state index contributed by atoms with van der Waals surface area (Å²) in [6.07, 6.45) is 2.62. The van der Waals surface area contributed by atoms with Gasteiger partial charge in [-0.3, -0.25) is 0 Å². The molecule has 3 nitrogen and oxygen atoms in total. The zero-order valence-electron chi connectivity index (χ0n) is 9.91. The third kappa shape index (κ3) is 2.37. The Labute approximate surface area is 111 Å². The van der Waals surface area contributed by atoms with E-state index in [0.717, 1.165) is 41.7 Å². The highest BCUT2D eigenvalue weighted by atomic mass is 35.5. The molecular formula is C14H14ClNO2. The molecule has 3 rings (SSSR count). The van der Waals surface area contributed by atoms with Gasteiger partial charge in [0, 0.05) is 23.6 Å². The summed E-state index contributed by atoms with van der Waals surface area (Å²) in [5, 5.41) is 4.10. The number of hydrogen-bond acceptors (Lipinski definition) is 3. The molecule has 2 heterocycles. The summed E-state index contributed by atoms with van der Waals surface area (Å²) in [4.78, 5) is 0. The van der Waals surface area contributed by atoms with Crippen LogP contribution < -0.4 is 10.1 Å². The van der Waals surface area contributed by atoms with Gasteiger partial charge in [0.15, 0.2) is 0 Å². The molecule has 94 valence electrons. The molecular weight excluding hydrogens is 250 g/mol. The van der Waals surface area contributed by atoms with Gasteiger partial charge in [-0.15, -0.1) is 0 Å². The fourth-order valence-corrected chi connectivity index (χ4v) is 2.47. The molecule has 0 saturated carbocycles. The lowest BCUT2D eigenvalue weighted by Gasteiger charge is -2.09. The quantitative estimate of drug-likeness (QED) is 0.920. The molecule has 1 aromatic carbocycles. The van der Waals surface area contributed by atoms with Gasteiger partial charge in [0.25, 0.3) is 0 Å². The van der Waals surface area contributed by atoms with E-state index in [1.807, 2.05) is 24.3 Å². The van der Waals surface area contributed by atoms with Crippen LogP contribution in [0.15, 0.2) is 34.9 Å². The molecule has 1 aliphatic rings. The lowest BCUT2D eigenvalue weighted by molar-refractivity contribution is 0.352. The maximum absolute atomic E-state index is 6.11. The Bertz CT molecular complexity index is 537. The molecule has 0 spiro atoms. The van der Waals surface area contributed by atoms with Crippen molar-refractivity contribution in [1.29, 1.82) is 0 Å². The molecule has 1 N–H and O–H groups in total. The predicted octanol–water partition coefficient (Wildman–Crippen LogP) is 3.16. The molecule has 1 aromatic heterocycles. The molecule has 1 aliphatic heterocycles. The lowest BCUT2D eigenvalue weighted by Crippen LogP contribution is -2.12. The Kier molecular flexibility index (Phi) is 3.26. The first-order valence-corrected chi connectivity index (χ1v) is 6.38. The molecule has 0 fully saturated rings. The zero-order valence-corrected chi connectivity index (χ0v) is 10.7. The fraction of sp³-hybridized carbons (Fsp3) is 0.286. The van der Waals surface area contributed by atoms with Gasteiger partial charge >= 0.3 is 0 Å². The van der Waals surface area contributed by atoms with Crippen molar-refractivity contribution in [3.05, 3.63) is 52.4 Å². The van der Waals surface area contributed by atoms with Crippen LogP contribution in [0.2, 0.25) is 5.02 Å². The van der Waals surface area contributed by atoms with E-state index in [-0.39, 0.29) is 0 Å². The van der Waals surface area contributed by atoms with Crippen molar-refractivity contribution >= 4 is 11.6 Å². The summed E-state index contributed by atoms with van der Waals surface area (Å²) >= 11 is 6.11. The Balaban J connectivity index is 1.69. The predicted molar refractivity (Wildman–Crippen MR) is 69.9 cm³/mol. The van der Waals surface area contributed by atoms with Gasteiger partial charge in [-0.25, -0.2) is 0 Å². The van der Waals surface area contributed by atoms with Crippen molar-refractivity contribution in [3.8, 4) is 5.75 Å². The molecule has 4 heteroatoms. The van der Waals surface area contributed by atoms with Crippen molar-refractivity contribution in [1.82, 2.24) is 5.32 Å². The Hall–Kier alpha value is -1.45. The first kappa shape index (κ1) is 11.6. The van der Waals surface area contributed by atoms with E-state index in [1.54, 1.807) is 6.26 Å². The fourth-order valence-electron chi connectivity index (χ4n) is 2.21. The second-order valence-corrected chi connectivity index (χ2v) is 4.77. The summed E-state index contributed by atoms with van der Waals surface area (Å²) in [6.45, 7) is 2.18. The number of ether oxygens (including phenoxy) is 1. The van der Waals surface area contributed by atoms with Crippen molar-refractivity contribution < 1.29 is 9.15 Å². The van der Waals surface area contributed by atoms with Gasteiger partial charge in [0.2, 0.25) is 0 Å². The van der Waals surface area contributed by atoms with Gasteiger partial charge in [0.1, 0.15) is 11.5 Å². The minimum atomic E-state index is 0.703. The molecule has 0 atom stereocenters. The number of hydrogen-bond donors (Lipinski definition) is 1. The average molecular weight is 264 g/mol. The summed E-state index contributed by atoms with van der Waals surface area (Å²) in [6, 6.07) is 7.78. The molecule has 0 unspecified atom stereocenters. The van der Waals surface area contributed by atoms with E-state index in [0.29, 0.717) is 6.54 Å². The van der Waals surface area contributed by atoms with Gasteiger partial charge in [-0.05, 0) is 29.8 Å². The van der Waals surface area contributed by atoms with Crippen molar-refractivity contribution in [2.24, 2.45) is 0 Å². The van der Waals surface area contributed by atoms with Crippen LogP contribution in [0.4, 0.5) is 0 Å². The number of fused-ring (bicyclic) bond motifs is 1. The largest absolute Gasteiger partial charge is 0.493 e. The smallest absolute Gasteiger partial charge is 0.127 e. The van der Waals surface area contributed by atoms with Crippen LogP contribution in [-0.4, -0.2) is 6.61 Å². The SMILES string of the molecule is Clc1cc2c(c(CNCc3ccco3)c1)OCC2. The highest BCUT2D eigenvalue weighted by Gasteiger charge is 2.17. The van der Waals surface area contributed by atoms with Crippen LogP contribution in [0.5, 0.6) is 5.75 Å². The molecule has 0 amide bonds. The second kappa shape index (κ2) is 5.04. The number of nitrogens with one attached hydrogen (secondary N) is 1. The molecule has 0 bridgehead atoms. The molecule has 18 heavy (non-hydrogen) atoms. The van der Waals surface area contributed by atoms with Crippen LogP contribution in [0, 0.1) is 0 Å². The van der Waals surface area contributed by atoms with E-state index in [4.69, 9.17) is 20.8 Å². The van der Waals surface area contributed by atoms with Crippen LogP contribution in [0.25, 0.3) is 0 Å². The van der Waals surface area contributed by atoms with Crippen LogP contribution in [0.3, 0.4) is 0 Å². The third-order valence-corrected chi connectivity index (χ3v) is 3.24. The topological polar surface area (TPSA) is 34.4 Å². The highest BCUT2D eigenvalue weighted by molar-refractivity contribution is 6.30. The Morgan fingerprint density at radius 2 is 2.22 bits per heavy atom. The maximum Gasteiger partial charge on any atom is 0.127 e. The number of halogens is 1. The highest BCUT2D eigenvalue weighted by Crippen LogP contribution is 2.32. The van der Waals surface area contributed by atoms with Crippen LogP contribution in [-0.2, 0) is 19.5 Å². The number of benzene rings is 1. The van der Waals surface area contributed by atoms with E-state index in [9.17, 15) is 0 Å². The van der Waals surface area contributed by atoms with Crippen molar-refractivity contribution in [2.75, 3.05) is 6.61 Å². The van der Waals surface area contributed by atoms with Crippen molar-refractivity contribution in [3.63, 3.8) is 0 Å². The average Bonchev–Trinajstić information content (AvgIpc) is 2.98. The van der Waals surface area contributed by atoms with E-state index in [1.165, 1.54) is 5.56 Å². The van der Waals surface area contributed by atoms with Gasteiger partial charge in [-0.2, -0.15) is 0 Å². The molecule has 2 aromatic rings. The molecule has 0 saturated heterocycles. The number of rotatable bonds is 4. The van der Waals surface area contributed by atoms with E-state index >= 15 is 0 Å². The third-order valence-electron chi connectivity index (χ3n) is 3.02. The van der Waals surface area contributed by atoms with Gasteiger partial charge in [-0.1, -0.05) is 11.6 Å². The van der Waals surface area contributed by atoms with Crippen LogP contribution >= 0.6 is 11.6 Å². The van der Waals surface area contributed by atoms with Crippen molar-refractivity contribution in [2.45, 2.75) is 19.5 Å². The standard InChI is InChI=1S/C14H14ClNO2/c15-12-6-10-3-5-18-14(10)11(7-12)8-16-9-13-2-1-4-17-13/h1-2,4,6-7,16H,3,5,8-9H2. The first-order chi connectivity index (χ1) is 8.83. The summed E-state index contributed by atoms with van der Waals surface area (Å²) < 4.78 is 10.9. The summed E-state index contributed by atoms with van der Waals surface area (Å²) in [7, 11) is 0. The Morgan fingerprint density at radius 1 is 1.28 bits per heavy atom. The van der Waals surface area contributed by atoms with E-state index in [2.05, 4.69) is 5.32 Å². The minimum Gasteiger partial charge on any atom is -0.493 e. The molecule has 0 radical (unpaired) electrons. The second-order valence-electron chi connectivity index (χ2n) is 4.33. The summed E-state index contributed by atoms with van der Waals surface area (Å²) in [5.41, 5.74) is 2.32. The molecule has 0 aliphatic carbocycles. The normalized spacial score (nSPS) is 13.4. The Morgan fingerprint density at radius 3 is 3.06 bits per heavy atom. The van der Waals surface area contributed by atoms with Gasteiger partial charge in [0.05, 0.1) is 19.4 Å². The zero-order chi connectivity index (χ0) is 12.4. The lowest BCUT2D eigenvalue weighted by atomic mass is 10.1. The van der Waals surface area contributed by atoms with E-state index < -0.39 is 0 Å².